The molecule has 4 heteroatoms. The number of halogens is 1. The minimum Gasteiger partial charge on any atom is -0.508 e. The van der Waals surface area contributed by atoms with Crippen molar-refractivity contribution in [1.29, 1.82) is 0 Å². The van der Waals surface area contributed by atoms with Crippen LogP contribution in [-0.4, -0.2) is 16.0 Å². The Kier molecular flexibility index (Phi) is 3.30. The summed E-state index contributed by atoms with van der Waals surface area (Å²) in [5.41, 5.74) is 1.90. The van der Waals surface area contributed by atoms with Crippen LogP contribution in [0.5, 0.6) is 5.75 Å². The molecule has 17 heavy (non-hydrogen) atoms. The van der Waals surface area contributed by atoms with E-state index in [2.05, 4.69) is 5.16 Å². The van der Waals surface area contributed by atoms with Gasteiger partial charge in [-0.1, -0.05) is 28.9 Å². The van der Waals surface area contributed by atoms with E-state index >= 15 is 0 Å². The molecule has 2 aromatic rings. The lowest BCUT2D eigenvalue weighted by Gasteiger charge is -2.05. The Morgan fingerprint density at radius 1 is 0.882 bits per heavy atom. The van der Waals surface area contributed by atoms with Crippen molar-refractivity contribution in [3.05, 3.63) is 64.7 Å². The van der Waals surface area contributed by atoms with Gasteiger partial charge in [-0.2, -0.15) is 0 Å². The highest BCUT2D eigenvalue weighted by Gasteiger charge is 2.07. The van der Waals surface area contributed by atoms with Gasteiger partial charge in [-0.3, -0.25) is 0 Å². The highest BCUT2D eigenvalue weighted by molar-refractivity contribution is 6.30. The molecule has 0 aliphatic heterocycles. The van der Waals surface area contributed by atoms with Crippen LogP contribution < -0.4 is 0 Å². The fourth-order valence-electron chi connectivity index (χ4n) is 1.51. The predicted molar refractivity (Wildman–Crippen MR) is 67.0 cm³/mol. The van der Waals surface area contributed by atoms with Gasteiger partial charge in [-0.15, -0.1) is 0 Å². The third-order valence-electron chi connectivity index (χ3n) is 2.36. The molecule has 0 spiro atoms. The average molecular weight is 248 g/mol. The molecule has 0 radical (unpaired) electrons. The Balaban J connectivity index is 2.41. The van der Waals surface area contributed by atoms with Crippen molar-refractivity contribution in [3.63, 3.8) is 0 Å². The topological polar surface area (TPSA) is 52.8 Å². The molecule has 2 N–H and O–H groups in total. The van der Waals surface area contributed by atoms with Crippen molar-refractivity contribution in [1.82, 2.24) is 0 Å². The number of phenols is 1. The van der Waals surface area contributed by atoms with Crippen LogP contribution in [0.4, 0.5) is 0 Å². The van der Waals surface area contributed by atoms with Gasteiger partial charge in [0.15, 0.2) is 0 Å². The molecule has 0 fully saturated rings. The van der Waals surface area contributed by atoms with Crippen molar-refractivity contribution in [2.24, 2.45) is 5.16 Å². The SMILES string of the molecule is O/N=C(/c1ccc(O)cc1)c1ccc(Cl)cc1. The number of hydrogen-bond donors (Lipinski definition) is 2. The number of benzene rings is 2. The molecule has 0 unspecified atom stereocenters. The van der Waals surface area contributed by atoms with Crippen LogP contribution in [0.1, 0.15) is 11.1 Å². The smallest absolute Gasteiger partial charge is 0.117 e. The maximum absolute atomic E-state index is 9.20. The first-order chi connectivity index (χ1) is 8.20. The van der Waals surface area contributed by atoms with Gasteiger partial charge in [0.25, 0.3) is 0 Å². The molecular formula is C13H10ClNO2. The van der Waals surface area contributed by atoms with Crippen LogP contribution in [0.3, 0.4) is 0 Å². The van der Waals surface area contributed by atoms with E-state index < -0.39 is 0 Å². The largest absolute Gasteiger partial charge is 0.508 e. The lowest BCUT2D eigenvalue weighted by molar-refractivity contribution is 0.319. The molecule has 0 bridgehead atoms. The molecular weight excluding hydrogens is 238 g/mol. The predicted octanol–water partition coefficient (Wildman–Crippen LogP) is 3.27. The van der Waals surface area contributed by atoms with Gasteiger partial charge < -0.3 is 10.3 Å². The summed E-state index contributed by atoms with van der Waals surface area (Å²) in [5.74, 6) is 0.169. The van der Waals surface area contributed by atoms with E-state index in [-0.39, 0.29) is 5.75 Å². The Morgan fingerprint density at radius 3 is 1.82 bits per heavy atom. The van der Waals surface area contributed by atoms with Crippen molar-refractivity contribution in [2.45, 2.75) is 0 Å². The molecule has 3 nitrogen and oxygen atoms in total. The van der Waals surface area contributed by atoms with Crippen LogP contribution in [0.15, 0.2) is 53.7 Å². The molecule has 0 saturated carbocycles. The summed E-state index contributed by atoms with van der Waals surface area (Å²) in [4.78, 5) is 0. The van der Waals surface area contributed by atoms with Crippen LogP contribution in [-0.2, 0) is 0 Å². The van der Waals surface area contributed by atoms with Gasteiger partial charge in [0, 0.05) is 16.1 Å². The van der Waals surface area contributed by atoms with Gasteiger partial charge in [0.1, 0.15) is 11.5 Å². The molecule has 0 atom stereocenters. The Labute approximate surface area is 104 Å². The van der Waals surface area contributed by atoms with E-state index in [0.717, 1.165) is 5.56 Å². The van der Waals surface area contributed by atoms with Crippen molar-refractivity contribution < 1.29 is 10.3 Å². The highest BCUT2D eigenvalue weighted by Crippen LogP contribution is 2.16. The Hall–Kier alpha value is -2.00. The molecule has 0 aliphatic rings. The average Bonchev–Trinajstić information content (AvgIpc) is 2.35. The van der Waals surface area contributed by atoms with Gasteiger partial charge >= 0.3 is 0 Å². The van der Waals surface area contributed by atoms with E-state index in [1.54, 1.807) is 36.4 Å². The fourth-order valence-corrected chi connectivity index (χ4v) is 1.64. The zero-order valence-corrected chi connectivity index (χ0v) is 9.59. The molecule has 2 aromatic carbocycles. The zero-order chi connectivity index (χ0) is 12.3. The second-order valence-electron chi connectivity index (χ2n) is 3.50. The normalized spacial score (nSPS) is 11.5. The third kappa shape index (κ3) is 2.57. The molecule has 0 saturated heterocycles. The summed E-state index contributed by atoms with van der Waals surface area (Å²) in [5, 5.41) is 22.2. The van der Waals surface area contributed by atoms with Crippen LogP contribution >= 0.6 is 11.6 Å². The van der Waals surface area contributed by atoms with Crippen LogP contribution in [0.2, 0.25) is 5.02 Å². The van der Waals surface area contributed by atoms with Crippen molar-refractivity contribution >= 4 is 17.3 Å². The van der Waals surface area contributed by atoms with E-state index in [1.807, 2.05) is 0 Å². The zero-order valence-electron chi connectivity index (χ0n) is 8.84. The summed E-state index contributed by atoms with van der Waals surface area (Å²) in [7, 11) is 0. The minimum atomic E-state index is 0.169. The van der Waals surface area contributed by atoms with Gasteiger partial charge in [-0.05, 0) is 36.4 Å². The lowest BCUT2D eigenvalue weighted by atomic mass is 10.0. The summed E-state index contributed by atoms with van der Waals surface area (Å²) >= 11 is 5.79. The van der Waals surface area contributed by atoms with Crippen molar-refractivity contribution in [3.8, 4) is 5.75 Å². The third-order valence-corrected chi connectivity index (χ3v) is 2.61. The lowest BCUT2D eigenvalue weighted by Crippen LogP contribution is -2.02. The van der Waals surface area contributed by atoms with Gasteiger partial charge in [-0.25, -0.2) is 0 Å². The number of rotatable bonds is 2. The number of phenolic OH excluding ortho intramolecular Hbond substituents is 1. The van der Waals surface area contributed by atoms with Crippen molar-refractivity contribution in [2.75, 3.05) is 0 Å². The maximum atomic E-state index is 9.20. The summed E-state index contributed by atoms with van der Waals surface area (Å²) < 4.78 is 0. The van der Waals surface area contributed by atoms with Gasteiger partial charge in [0.2, 0.25) is 0 Å². The second-order valence-corrected chi connectivity index (χ2v) is 3.94. The first kappa shape index (κ1) is 11.5. The summed E-state index contributed by atoms with van der Waals surface area (Å²) in [6.45, 7) is 0. The number of nitrogens with zero attached hydrogens (tertiary/aromatic N) is 1. The monoisotopic (exact) mass is 247 g/mol. The minimum absolute atomic E-state index is 0.169. The van der Waals surface area contributed by atoms with E-state index in [9.17, 15) is 5.11 Å². The standard InChI is InChI=1S/C13H10ClNO2/c14-11-5-1-9(2-6-11)13(15-17)10-3-7-12(16)8-4-10/h1-8,16-17H/b15-13+. The number of hydrogen-bond acceptors (Lipinski definition) is 3. The molecule has 0 aliphatic carbocycles. The molecule has 0 heterocycles. The van der Waals surface area contributed by atoms with E-state index in [1.165, 1.54) is 12.1 Å². The fraction of sp³-hybridized carbons (Fsp3) is 0. The number of aromatic hydroxyl groups is 1. The van der Waals surface area contributed by atoms with Gasteiger partial charge in [0.05, 0.1) is 0 Å². The highest BCUT2D eigenvalue weighted by atomic mass is 35.5. The Morgan fingerprint density at radius 2 is 1.35 bits per heavy atom. The van der Waals surface area contributed by atoms with Crippen LogP contribution in [0.25, 0.3) is 0 Å². The maximum Gasteiger partial charge on any atom is 0.117 e. The quantitative estimate of drug-likeness (QED) is 0.486. The summed E-state index contributed by atoms with van der Waals surface area (Å²) in [6.07, 6.45) is 0. The van der Waals surface area contributed by atoms with E-state index in [4.69, 9.17) is 16.8 Å². The summed E-state index contributed by atoms with van der Waals surface area (Å²) in [6, 6.07) is 13.4. The first-order valence-corrected chi connectivity index (χ1v) is 5.36. The number of oxime groups is 1. The molecule has 0 aromatic heterocycles. The molecule has 86 valence electrons. The van der Waals surface area contributed by atoms with E-state index in [0.29, 0.717) is 16.3 Å². The Bertz CT molecular complexity index is 485. The molecule has 2 rings (SSSR count). The first-order valence-electron chi connectivity index (χ1n) is 4.98. The molecule has 0 amide bonds. The second kappa shape index (κ2) is 4.89. The van der Waals surface area contributed by atoms with Crippen LogP contribution in [0, 0.1) is 0 Å².